The number of rotatable bonds is 9. The van der Waals surface area contributed by atoms with Crippen molar-refractivity contribution in [3.8, 4) is 5.75 Å². The van der Waals surface area contributed by atoms with Gasteiger partial charge >= 0.3 is 6.18 Å². The smallest absolute Gasteiger partial charge is 0.420 e. The number of aromatic nitrogens is 2. The van der Waals surface area contributed by atoms with Gasteiger partial charge in [-0.3, -0.25) is 0 Å². The first-order valence-electron chi connectivity index (χ1n) is 10.4. The summed E-state index contributed by atoms with van der Waals surface area (Å²) >= 11 is 0. The summed E-state index contributed by atoms with van der Waals surface area (Å²) in [6.07, 6.45) is -4.72. The van der Waals surface area contributed by atoms with Gasteiger partial charge in [0.15, 0.2) is 0 Å². The summed E-state index contributed by atoms with van der Waals surface area (Å²) in [5, 5.41) is 11.9. The van der Waals surface area contributed by atoms with Crippen LogP contribution in [0.5, 0.6) is 5.75 Å². The van der Waals surface area contributed by atoms with E-state index in [9.17, 15) is 26.3 Å². The van der Waals surface area contributed by atoms with Crippen LogP contribution in [0.2, 0.25) is 0 Å². The first-order valence-corrected chi connectivity index (χ1v) is 10.4. The summed E-state index contributed by atoms with van der Waals surface area (Å²) < 4.78 is 93.8. The number of halogens is 6. The standard InChI is InChI=1S/C23H23F6N3O3/c1-12(14-5-4-6-16(20(14)24)22(25,26)11-33)30-21-15-9-19(35-8-7-34-3)17(23(27,28)29)10-18(15)31-13(2)32-21/h4-6,9-10,12,33H,7-8,11H2,1-3H3,(H,30,31,32)/t12-/m1/s1. The molecule has 3 rings (SSSR count). The van der Waals surface area contributed by atoms with Crippen molar-refractivity contribution in [3.63, 3.8) is 0 Å². The predicted molar refractivity (Wildman–Crippen MR) is 116 cm³/mol. The lowest BCUT2D eigenvalue weighted by Crippen LogP contribution is -2.22. The molecule has 1 atom stereocenters. The van der Waals surface area contributed by atoms with Crippen LogP contribution in [0.3, 0.4) is 0 Å². The number of aryl methyl sites for hydroxylation is 1. The molecule has 190 valence electrons. The number of alkyl halides is 5. The van der Waals surface area contributed by atoms with Crippen LogP contribution in [0.1, 0.15) is 35.5 Å². The second-order valence-electron chi connectivity index (χ2n) is 7.76. The van der Waals surface area contributed by atoms with E-state index in [0.717, 1.165) is 18.2 Å². The Hall–Kier alpha value is -3.12. The Labute approximate surface area is 196 Å². The highest BCUT2D eigenvalue weighted by molar-refractivity contribution is 5.91. The average Bonchev–Trinajstić information content (AvgIpc) is 2.78. The van der Waals surface area contributed by atoms with Gasteiger partial charge in [0.05, 0.1) is 29.3 Å². The van der Waals surface area contributed by atoms with E-state index in [1.165, 1.54) is 33.1 Å². The van der Waals surface area contributed by atoms with Gasteiger partial charge in [0.2, 0.25) is 0 Å². The van der Waals surface area contributed by atoms with Gasteiger partial charge in [-0.2, -0.15) is 22.0 Å². The molecular weight excluding hydrogens is 480 g/mol. The number of hydrogen-bond donors (Lipinski definition) is 2. The number of anilines is 1. The normalized spacial score (nSPS) is 13.2. The molecule has 0 saturated heterocycles. The van der Waals surface area contributed by atoms with E-state index in [4.69, 9.17) is 14.6 Å². The fourth-order valence-corrected chi connectivity index (χ4v) is 3.49. The van der Waals surface area contributed by atoms with Gasteiger partial charge in [-0.25, -0.2) is 14.4 Å². The van der Waals surface area contributed by atoms with Crippen LogP contribution in [0.15, 0.2) is 30.3 Å². The lowest BCUT2D eigenvalue weighted by Gasteiger charge is -2.21. The number of aliphatic hydroxyl groups is 1. The van der Waals surface area contributed by atoms with Gasteiger partial charge < -0.3 is 19.9 Å². The van der Waals surface area contributed by atoms with Crippen LogP contribution in [-0.2, 0) is 16.8 Å². The van der Waals surface area contributed by atoms with Crippen molar-refractivity contribution in [1.82, 2.24) is 9.97 Å². The predicted octanol–water partition coefficient (Wildman–Crippen LogP) is 5.38. The Balaban J connectivity index is 2.07. The van der Waals surface area contributed by atoms with E-state index in [1.807, 2.05) is 0 Å². The van der Waals surface area contributed by atoms with Crippen LogP contribution in [0.4, 0.5) is 32.2 Å². The molecule has 0 spiro atoms. The minimum absolute atomic E-state index is 0.0420. The third-order valence-corrected chi connectivity index (χ3v) is 5.20. The fourth-order valence-electron chi connectivity index (χ4n) is 3.49. The first kappa shape index (κ1) is 26.5. The second-order valence-corrected chi connectivity index (χ2v) is 7.76. The van der Waals surface area contributed by atoms with Gasteiger partial charge in [-0.15, -0.1) is 0 Å². The molecule has 35 heavy (non-hydrogen) atoms. The zero-order valence-electron chi connectivity index (χ0n) is 19.0. The van der Waals surface area contributed by atoms with Crippen LogP contribution in [0, 0.1) is 12.7 Å². The molecule has 0 aliphatic carbocycles. The number of nitrogens with zero attached hydrogens (tertiary/aromatic N) is 2. The maximum absolute atomic E-state index is 14.9. The summed E-state index contributed by atoms with van der Waals surface area (Å²) in [4.78, 5) is 8.29. The zero-order valence-corrected chi connectivity index (χ0v) is 19.0. The molecular formula is C23H23F6N3O3. The van der Waals surface area contributed by atoms with Gasteiger partial charge in [0.1, 0.15) is 36.4 Å². The molecule has 0 unspecified atom stereocenters. The second kappa shape index (κ2) is 10.2. The first-order chi connectivity index (χ1) is 16.4. The topological polar surface area (TPSA) is 76.5 Å². The van der Waals surface area contributed by atoms with Crippen LogP contribution in [0.25, 0.3) is 10.9 Å². The van der Waals surface area contributed by atoms with E-state index in [0.29, 0.717) is 0 Å². The Bertz CT molecular complexity index is 1200. The Morgan fingerprint density at radius 3 is 2.40 bits per heavy atom. The summed E-state index contributed by atoms with van der Waals surface area (Å²) in [6, 6.07) is 4.38. The number of benzene rings is 2. The number of methoxy groups -OCH3 is 1. The third-order valence-electron chi connectivity index (χ3n) is 5.20. The Morgan fingerprint density at radius 2 is 1.77 bits per heavy atom. The van der Waals surface area contributed by atoms with E-state index in [-0.39, 0.29) is 41.3 Å². The molecule has 0 saturated carbocycles. The maximum atomic E-state index is 14.9. The third kappa shape index (κ3) is 5.76. The van der Waals surface area contributed by atoms with Gasteiger partial charge in [-0.05, 0) is 32.0 Å². The van der Waals surface area contributed by atoms with Crippen LogP contribution < -0.4 is 10.1 Å². The molecule has 0 amide bonds. The summed E-state index contributed by atoms with van der Waals surface area (Å²) in [5.41, 5.74) is -2.20. The van der Waals surface area contributed by atoms with E-state index in [1.54, 1.807) is 0 Å². The fraction of sp³-hybridized carbons (Fsp3) is 0.391. The largest absolute Gasteiger partial charge is 0.491 e. The Morgan fingerprint density at radius 1 is 1.06 bits per heavy atom. The highest BCUT2D eigenvalue weighted by Gasteiger charge is 2.36. The summed E-state index contributed by atoms with van der Waals surface area (Å²) in [6.45, 7) is 1.28. The summed E-state index contributed by atoms with van der Waals surface area (Å²) in [5.74, 6) is -5.29. The maximum Gasteiger partial charge on any atom is 0.420 e. The number of nitrogens with one attached hydrogen (secondary N) is 1. The molecule has 3 aromatic rings. The number of hydrogen-bond acceptors (Lipinski definition) is 6. The van der Waals surface area contributed by atoms with Crippen molar-refractivity contribution in [1.29, 1.82) is 0 Å². The van der Waals surface area contributed by atoms with Crippen LogP contribution >= 0.6 is 0 Å². The molecule has 1 aromatic heterocycles. The van der Waals surface area contributed by atoms with Gasteiger partial charge in [-0.1, -0.05) is 12.1 Å². The minimum Gasteiger partial charge on any atom is -0.491 e. The molecule has 2 N–H and O–H groups in total. The van der Waals surface area contributed by atoms with E-state index in [2.05, 4.69) is 15.3 Å². The quantitative estimate of drug-likeness (QED) is 0.302. The highest BCUT2D eigenvalue weighted by Crippen LogP contribution is 2.40. The molecule has 1 heterocycles. The highest BCUT2D eigenvalue weighted by atomic mass is 19.4. The molecule has 2 aromatic carbocycles. The van der Waals surface area contributed by atoms with Crippen molar-refractivity contribution in [3.05, 3.63) is 58.7 Å². The molecule has 0 radical (unpaired) electrons. The number of aliphatic hydroxyl groups excluding tert-OH is 1. The lowest BCUT2D eigenvalue weighted by atomic mass is 10.00. The van der Waals surface area contributed by atoms with Crippen molar-refractivity contribution in [2.75, 3.05) is 32.2 Å². The van der Waals surface area contributed by atoms with Crippen molar-refractivity contribution in [2.24, 2.45) is 0 Å². The van der Waals surface area contributed by atoms with Crippen molar-refractivity contribution in [2.45, 2.75) is 32.0 Å². The molecule has 0 bridgehead atoms. The molecule has 12 heteroatoms. The van der Waals surface area contributed by atoms with Gasteiger partial charge in [0.25, 0.3) is 5.92 Å². The molecule has 0 aliphatic rings. The minimum atomic E-state index is -4.72. The van der Waals surface area contributed by atoms with Crippen molar-refractivity contribution < 1.29 is 40.9 Å². The monoisotopic (exact) mass is 503 g/mol. The zero-order chi connectivity index (χ0) is 26.0. The van der Waals surface area contributed by atoms with E-state index >= 15 is 0 Å². The average molecular weight is 503 g/mol. The Kier molecular flexibility index (Phi) is 7.75. The van der Waals surface area contributed by atoms with Gasteiger partial charge in [0, 0.05) is 18.1 Å². The van der Waals surface area contributed by atoms with E-state index < -0.39 is 47.4 Å². The lowest BCUT2D eigenvalue weighted by molar-refractivity contribution is -0.138. The molecule has 6 nitrogen and oxygen atoms in total. The molecule has 0 fully saturated rings. The SMILES string of the molecule is COCCOc1cc2c(N[C@H](C)c3cccc(C(F)(F)CO)c3F)nc(C)nc2cc1C(F)(F)F. The molecule has 0 aliphatic heterocycles. The number of fused-ring (bicyclic) bond motifs is 1. The van der Waals surface area contributed by atoms with Crippen molar-refractivity contribution >= 4 is 16.7 Å². The van der Waals surface area contributed by atoms with Crippen LogP contribution in [-0.4, -0.2) is 42.0 Å². The number of ether oxygens (including phenoxy) is 2. The summed E-state index contributed by atoms with van der Waals surface area (Å²) in [7, 11) is 1.37.